The van der Waals surface area contributed by atoms with Crippen molar-refractivity contribution in [2.45, 2.75) is 44.6 Å². The molecule has 0 N–H and O–H groups in total. The molecule has 0 spiro atoms. The minimum absolute atomic E-state index is 0.0573. The topological polar surface area (TPSA) is 46.6 Å². The Morgan fingerprint density at radius 2 is 2.00 bits per heavy atom. The molecule has 1 amide bonds. The lowest BCUT2D eigenvalue weighted by Gasteiger charge is -2.26. The molecule has 0 radical (unpaired) electrons. The van der Waals surface area contributed by atoms with E-state index in [1.54, 1.807) is 11.9 Å². The molecular weight excluding hydrogens is 278 g/mol. The summed E-state index contributed by atoms with van der Waals surface area (Å²) in [6.07, 6.45) is 2.36. The molecule has 2 atom stereocenters. The average molecular weight is 303 g/mol. The second kappa shape index (κ2) is 6.11. The second-order valence-electron chi connectivity index (χ2n) is 7.12. The largest absolute Gasteiger partial charge is 0.444 e. The SMILES string of the molecule is CN(CCC1(c2ccccc2)CC1C=O)C(=O)OC(C)(C)C. The van der Waals surface area contributed by atoms with Crippen LogP contribution in [0.15, 0.2) is 30.3 Å². The van der Waals surface area contributed by atoms with E-state index in [2.05, 4.69) is 12.1 Å². The van der Waals surface area contributed by atoms with E-state index in [9.17, 15) is 9.59 Å². The van der Waals surface area contributed by atoms with Crippen molar-refractivity contribution >= 4 is 12.4 Å². The van der Waals surface area contributed by atoms with Gasteiger partial charge in [-0.25, -0.2) is 4.79 Å². The molecule has 0 bridgehead atoms. The van der Waals surface area contributed by atoms with Crippen LogP contribution in [0.4, 0.5) is 4.79 Å². The molecule has 120 valence electrons. The predicted molar refractivity (Wildman–Crippen MR) is 85.8 cm³/mol. The number of carbonyl (C=O) groups is 2. The summed E-state index contributed by atoms with van der Waals surface area (Å²) in [7, 11) is 1.74. The third kappa shape index (κ3) is 3.67. The van der Waals surface area contributed by atoms with E-state index in [0.717, 1.165) is 19.1 Å². The summed E-state index contributed by atoms with van der Waals surface area (Å²) in [5, 5.41) is 0. The van der Waals surface area contributed by atoms with Crippen molar-refractivity contribution in [3.05, 3.63) is 35.9 Å². The van der Waals surface area contributed by atoms with Gasteiger partial charge in [0.15, 0.2) is 0 Å². The van der Waals surface area contributed by atoms with E-state index in [1.807, 2.05) is 39.0 Å². The van der Waals surface area contributed by atoms with Gasteiger partial charge in [-0.05, 0) is 39.2 Å². The smallest absolute Gasteiger partial charge is 0.410 e. The molecule has 1 aromatic carbocycles. The summed E-state index contributed by atoms with van der Waals surface area (Å²) in [5.74, 6) is 0.0573. The lowest BCUT2D eigenvalue weighted by atomic mass is 9.90. The van der Waals surface area contributed by atoms with Crippen molar-refractivity contribution in [2.24, 2.45) is 5.92 Å². The number of ether oxygens (including phenoxy) is 1. The minimum Gasteiger partial charge on any atom is -0.444 e. The van der Waals surface area contributed by atoms with Gasteiger partial charge >= 0.3 is 6.09 Å². The van der Waals surface area contributed by atoms with Crippen molar-refractivity contribution in [1.29, 1.82) is 0 Å². The minimum atomic E-state index is -0.493. The van der Waals surface area contributed by atoms with Gasteiger partial charge in [-0.1, -0.05) is 30.3 Å². The molecule has 1 fully saturated rings. The molecular formula is C18H25NO3. The Morgan fingerprint density at radius 1 is 1.36 bits per heavy atom. The summed E-state index contributed by atoms with van der Waals surface area (Å²) >= 11 is 0. The normalized spacial score (nSPS) is 23.7. The van der Waals surface area contributed by atoms with Crippen molar-refractivity contribution in [1.82, 2.24) is 4.90 Å². The third-order valence-corrected chi connectivity index (χ3v) is 4.25. The van der Waals surface area contributed by atoms with Gasteiger partial charge in [-0.3, -0.25) is 0 Å². The molecule has 2 unspecified atom stereocenters. The molecule has 0 heterocycles. The van der Waals surface area contributed by atoms with E-state index >= 15 is 0 Å². The Labute approximate surface area is 132 Å². The number of benzene rings is 1. The maximum Gasteiger partial charge on any atom is 0.410 e. The van der Waals surface area contributed by atoms with Crippen molar-refractivity contribution < 1.29 is 14.3 Å². The van der Waals surface area contributed by atoms with E-state index in [4.69, 9.17) is 4.74 Å². The standard InChI is InChI=1S/C18H25NO3/c1-17(2,3)22-16(21)19(4)11-10-18(12-15(18)13-20)14-8-6-5-7-9-14/h5-9,13,15H,10-12H2,1-4H3. The molecule has 1 saturated carbocycles. The number of hydrogen-bond donors (Lipinski definition) is 0. The molecule has 22 heavy (non-hydrogen) atoms. The van der Waals surface area contributed by atoms with Crippen LogP contribution in [0.2, 0.25) is 0 Å². The Morgan fingerprint density at radius 3 is 2.50 bits per heavy atom. The Bertz CT molecular complexity index is 535. The van der Waals surface area contributed by atoms with Gasteiger partial charge in [0.25, 0.3) is 0 Å². The summed E-state index contributed by atoms with van der Waals surface area (Å²) < 4.78 is 5.36. The quantitative estimate of drug-likeness (QED) is 0.783. The fraction of sp³-hybridized carbons (Fsp3) is 0.556. The third-order valence-electron chi connectivity index (χ3n) is 4.25. The fourth-order valence-corrected chi connectivity index (χ4v) is 2.84. The molecule has 2 rings (SSSR count). The van der Waals surface area contributed by atoms with Crippen LogP contribution in [0.5, 0.6) is 0 Å². The highest BCUT2D eigenvalue weighted by Crippen LogP contribution is 2.55. The van der Waals surface area contributed by atoms with Crippen LogP contribution in [0.1, 0.15) is 39.2 Å². The average Bonchev–Trinajstić information content (AvgIpc) is 3.19. The summed E-state index contributed by atoms with van der Waals surface area (Å²) in [5.41, 5.74) is 0.580. The van der Waals surface area contributed by atoms with Crippen LogP contribution in [-0.2, 0) is 14.9 Å². The zero-order valence-corrected chi connectivity index (χ0v) is 13.8. The Kier molecular flexibility index (Phi) is 4.59. The first-order valence-electron chi connectivity index (χ1n) is 7.73. The molecule has 1 aliphatic rings. The highest BCUT2D eigenvalue weighted by molar-refractivity contribution is 5.68. The Balaban J connectivity index is 1.99. The lowest BCUT2D eigenvalue weighted by molar-refractivity contribution is -0.109. The predicted octanol–water partition coefficient (Wildman–Crippen LogP) is 3.40. The highest BCUT2D eigenvalue weighted by atomic mass is 16.6. The monoisotopic (exact) mass is 303 g/mol. The number of nitrogens with zero attached hydrogens (tertiary/aromatic N) is 1. The van der Waals surface area contributed by atoms with Crippen LogP contribution in [0.25, 0.3) is 0 Å². The molecule has 1 aliphatic carbocycles. The first-order chi connectivity index (χ1) is 10.3. The van der Waals surface area contributed by atoms with Gasteiger partial charge in [0.05, 0.1) is 0 Å². The number of amides is 1. The Hall–Kier alpha value is -1.84. The molecule has 4 nitrogen and oxygen atoms in total. The first kappa shape index (κ1) is 16.5. The first-order valence-corrected chi connectivity index (χ1v) is 7.73. The van der Waals surface area contributed by atoms with E-state index in [0.29, 0.717) is 6.54 Å². The fourth-order valence-electron chi connectivity index (χ4n) is 2.84. The summed E-state index contributed by atoms with van der Waals surface area (Å²) in [6.45, 7) is 6.14. The van der Waals surface area contributed by atoms with Crippen molar-refractivity contribution in [2.75, 3.05) is 13.6 Å². The van der Waals surface area contributed by atoms with Gasteiger partial charge in [-0.15, -0.1) is 0 Å². The van der Waals surface area contributed by atoms with Gasteiger partial charge in [-0.2, -0.15) is 0 Å². The van der Waals surface area contributed by atoms with E-state index < -0.39 is 5.60 Å². The lowest BCUT2D eigenvalue weighted by Crippen LogP contribution is -2.36. The maximum absolute atomic E-state index is 12.0. The zero-order valence-electron chi connectivity index (χ0n) is 13.8. The van der Waals surface area contributed by atoms with Crippen LogP contribution >= 0.6 is 0 Å². The molecule has 0 aliphatic heterocycles. The molecule has 0 aromatic heterocycles. The van der Waals surface area contributed by atoms with Crippen molar-refractivity contribution in [3.63, 3.8) is 0 Å². The van der Waals surface area contributed by atoms with Crippen LogP contribution in [0.3, 0.4) is 0 Å². The number of carbonyl (C=O) groups excluding carboxylic acids is 2. The summed E-state index contributed by atoms with van der Waals surface area (Å²) in [6, 6.07) is 10.1. The molecule has 0 saturated heterocycles. The highest BCUT2D eigenvalue weighted by Gasteiger charge is 2.54. The van der Waals surface area contributed by atoms with E-state index in [-0.39, 0.29) is 17.4 Å². The van der Waals surface area contributed by atoms with Gasteiger partial charge < -0.3 is 14.4 Å². The van der Waals surface area contributed by atoms with Gasteiger partial charge in [0.1, 0.15) is 11.9 Å². The maximum atomic E-state index is 12.0. The molecule has 4 heteroatoms. The number of rotatable bonds is 5. The van der Waals surface area contributed by atoms with E-state index in [1.165, 1.54) is 5.56 Å². The van der Waals surface area contributed by atoms with Crippen LogP contribution in [0, 0.1) is 5.92 Å². The van der Waals surface area contributed by atoms with Gasteiger partial charge in [0.2, 0.25) is 0 Å². The zero-order chi connectivity index (χ0) is 16.4. The molecule has 1 aromatic rings. The number of hydrogen-bond acceptors (Lipinski definition) is 3. The van der Waals surface area contributed by atoms with Crippen LogP contribution < -0.4 is 0 Å². The summed E-state index contributed by atoms with van der Waals surface area (Å²) in [4.78, 5) is 24.8. The van der Waals surface area contributed by atoms with Gasteiger partial charge in [0, 0.05) is 24.9 Å². The van der Waals surface area contributed by atoms with Crippen LogP contribution in [-0.4, -0.2) is 36.5 Å². The second-order valence-corrected chi connectivity index (χ2v) is 7.12. The van der Waals surface area contributed by atoms with Crippen molar-refractivity contribution in [3.8, 4) is 0 Å². The number of aldehydes is 1.